The Bertz CT molecular complexity index is 355. The second kappa shape index (κ2) is 3.05. The first-order chi connectivity index (χ1) is 6.20. The van der Waals surface area contributed by atoms with Gasteiger partial charge in [-0.05, 0) is 26.7 Å². The molecule has 1 aromatic rings. The van der Waals surface area contributed by atoms with Crippen LogP contribution < -0.4 is 5.56 Å². The zero-order chi connectivity index (χ0) is 9.42. The highest BCUT2D eigenvalue weighted by molar-refractivity contribution is 5.13. The molecule has 0 bridgehead atoms. The van der Waals surface area contributed by atoms with E-state index in [1.54, 1.807) is 0 Å². The molecule has 1 saturated carbocycles. The molecule has 0 atom stereocenters. The molecule has 1 heterocycles. The van der Waals surface area contributed by atoms with E-state index in [4.69, 9.17) is 0 Å². The van der Waals surface area contributed by atoms with E-state index < -0.39 is 0 Å². The average Bonchev–Trinajstić information content (AvgIpc) is 2.70. The fourth-order valence-corrected chi connectivity index (χ4v) is 2.08. The minimum absolute atomic E-state index is 0.171. The molecule has 0 unspecified atom stereocenters. The van der Waals surface area contributed by atoms with Gasteiger partial charge in [-0.15, -0.1) is 0 Å². The summed E-state index contributed by atoms with van der Waals surface area (Å²) >= 11 is 0. The maximum absolute atomic E-state index is 11.7. The Morgan fingerprint density at radius 1 is 1.31 bits per heavy atom. The highest BCUT2D eigenvalue weighted by Crippen LogP contribution is 2.27. The molecule has 1 fully saturated rings. The standard InChI is InChI=1S/C10H16N2O/c1-7-8(2)11-12(10(7)13)9-5-3-4-6-9/h9,11H,3-6H2,1-2H3. The van der Waals surface area contributed by atoms with Crippen molar-refractivity contribution < 1.29 is 0 Å². The predicted molar refractivity (Wildman–Crippen MR) is 52.0 cm³/mol. The summed E-state index contributed by atoms with van der Waals surface area (Å²) in [4.78, 5) is 11.7. The highest BCUT2D eigenvalue weighted by atomic mass is 16.1. The van der Waals surface area contributed by atoms with E-state index in [1.165, 1.54) is 12.8 Å². The lowest BCUT2D eigenvalue weighted by Crippen LogP contribution is -2.21. The van der Waals surface area contributed by atoms with Gasteiger partial charge in [-0.25, -0.2) is 4.68 Å². The second-order valence-corrected chi connectivity index (χ2v) is 3.98. The van der Waals surface area contributed by atoms with Gasteiger partial charge in [0.05, 0.1) is 6.04 Å². The third-order valence-electron chi connectivity index (χ3n) is 3.08. The molecule has 0 radical (unpaired) electrons. The number of aromatic amines is 1. The summed E-state index contributed by atoms with van der Waals surface area (Å²) in [5.74, 6) is 0. The minimum Gasteiger partial charge on any atom is -0.299 e. The number of aromatic nitrogens is 2. The van der Waals surface area contributed by atoms with E-state index in [1.807, 2.05) is 18.5 Å². The van der Waals surface area contributed by atoms with Gasteiger partial charge in [-0.3, -0.25) is 9.89 Å². The Balaban J connectivity index is 2.40. The largest absolute Gasteiger partial charge is 0.299 e. The first kappa shape index (κ1) is 8.60. The summed E-state index contributed by atoms with van der Waals surface area (Å²) < 4.78 is 1.82. The van der Waals surface area contributed by atoms with Crippen molar-refractivity contribution in [1.82, 2.24) is 9.78 Å². The number of nitrogens with zero attached hydrogens (tertiary/aromatic N) is 1. The van der Waals surface area contributed by atoms with E-state index in [2.05, 4.69) is 5.10 Å². The lowest BCUT2D eigenvalue weighted by Gasteiger charge is -2.08. The fourth-order valence-electron chi connectivity index (χ4n) is 2.08. The monoisotopic (exact) mass is 180 g/mol. The van der Waals surface area contributed by atoms with Crippen LogP contribution >= 0.6 is 0 Å². The van der Waals surface area contributed by atoms with Crippen molar-refractivity contribution >= 4 is 0 Å². The summed E-state index contributed by atoms with van der Waals surface area (Å²) in [6, 6.07) is 0.430. The van der Waals surface area contributed by atoms with Gasteiger partial charge in [0.2, 0.25) is 0 Å². The molecular weight excluding hydrogens is 164 g/mol. The Morgan fingerprint density at radius 3 is 2.38 bits per heavy atom. The van der Waals surface area contributed by atoms with Gasteiger partial charge in [0.1, 0.15) is 0 Å². The van der Waals surface area contributed by atoms with E-state index in [0.717, 1.165) is 24.1 Å². The third-order valence-corrected chi connectivity index (χ3v) is 3.08. The maximum Gasteiger partial charge on any atom is 0.269 e. The molecule has 1 aromatic heterocycles. The van der Waals surface area contributed by atoms with Gasteiger partial charge < -0.3 is 0 Å². The van der Waals surface area contributed by atoms with Gasteiger partial charge in [0.25, 0.3) is 5.56 Å². The summed E-state index contributed by atoms with van der Waals surface area (Å²) in [5.41, 5.74) is 2.05. The van der Waals surface area contributed by atoms with Crippen LogP contribution in [-0.4, -0.2) is 9.78 Å². The molecule has 3 nitrogen and oxygen atoms in total. The van der Waals surface area contributed by atoms with Gasteiger partial charge in [-0.1, -0.05) is 12.8 Å². The average molecular weight is 180 g/mol. The highest BCUT2D eigenvalue weighted by Gasteiger charge is 2.20. The van der Waals surface area contributed by atoms with Crippen molar-refractivity contribution in [2.75, 3.05) is 0 Å². The molecule has 0 amide bonds. The van der Waals surface area contributed by atoms with Crippen LogP contribution in [0.2, 0.25) is 0 Å². The first-order valence-corrected chi connectivity index (χ1v) is 4.98. The van der Waals surface area contributed by atoms with Gasteiger partial charge in [0.15, 0.2) is 0 Å². The summed E-state index contributed by atoms with van der Waals surface area (Å²) in [6.45, 7) is 3.85. The molecule has 72 valence electrons. The van der Waals surface area contributed by atoms with E-state index >= 15 is 0 Å². The normalized spacial score (nSPS) is 18.3. The zero-order valence-corrected chi connectivity index (χ0v) is 8.26. The van der Waals surface area contributed by atoms with Crippen molar-refractivity contribution in [3.63, 3.8) is 0 Å². The molecule has 2 rings (SSSR count). The second-order valence-electron chi connectivity index (χ2n) is 3.98. The third kappa shape index (κ3) is 1.32. The number of hydrogen-bond acceptors (Lipinski definition) is 1. The molecule has 0 spiro atoms. The lowest BCUT2D eigenvalue weighted by atomic mass is 10.2. The van der Waals surface area contributed by atoms with Crippen molar-refractivity contribution in [3.8, 4) is 0 Å². The lowest BCUT2D eigenvalue weighted by molar-refractivity contribution is 0.452. The molecule has 0 aliphatic heterocycles. The van der Waals surface area contributed by atoms with Crippen LogP contribution in [-0.2, 0) is 0 Å². The predicted octanol–water partition coefficient (Wildman–Crippen LogP) is 1.91. The summed E-state index contributed by atoms with van der Waals surface area (Å²) in [7, 11) is 0. The number of hydrogen-bond donors (Lipinski definition) is 1. The van der Waals surface area contributed by atoms with E-state index in [-0.39, 0.29) is 5.56 Å². The first-order valence-electron chi connectivity index (χ1n) is 4.98. The molecule has 3 heteroatoms. The Morgan fingerprint density at radius 2 is 1.92 bits per heavy atom. The molecule has 13 heavy (non-hydrogen) atoms. The molecule has 0 aromatic carbocycles. The number of H-pyrrole nitrogens is 1. The molecular formula is C10H16N2O. The van der Waals surface area contributed by atoms with Crippen molar-refractivity contribution in [2.45, 2.75) is 45.6 Å². The molecule has 1 N–H and O–H groups in total. The van der Waals surface area contributed by atoms with Gasteiger partial charge in [0, 0.05) is 11.3 Å². The SMILES string of the molecule is Cc1[nH]n(C2CCCC2)c(=O)c1C. The number of aryl methyl sites for hydroxylation is 1. The van der Waals surface area contributed by atoms with Crippen LogP contribution in [0.3, 0.4) is 0 Å². The smallest absolute Gasteiger partial charge is 0.269 e. The van der Waals surface area contributed by atoms with Crippen LogP contribution in [0.5, 0.6) is 0 Å². The number of nitrogens with one attached hydrogen (secondary N) is 1. The van der Waals surface area contributed by atoms with Crippen LogP contribution in [0.1, 0.15) is 43.0 Å². The van der Waals surface area contributed by atoms with E-state index in [9.17, 15) is 4.79 Å². The Kier molecular flexibility index (Phi) is 2.02. The van der Waals surface area contributed by atoms with E-state index in [0.29, 0.717) is 6.04 Å². The zero-order valence-electron chi connectivity index (χ0n) is 8.26. The topological polar surface area (TPSA) is 37.8 Å². The van der Waals surface area contributed by atoms with Crippen molar-refractivity contribution in [1.29, 1.82) is 0 Å². The molecule has 0 saturated heterocycles. The molecule has 1 aliphatic rings. The van der Waals surface area contributed by atoms with Crippen LogP contribution in [0.4, 0.5) is 0 Å². The number of rotatable bonds is 1. The summed E-state index contributed by atoms with van der Waals surface area (Å²) in [6.07, 6.45) is 4.82. The Labute approximate surface area is 77.7 Å². The van der Waals surface area contributed by atoms with Crippen LogP contribution in [0.25, 0.3) is 0 Å². The quantitative estimate of drug-likeness (QED) is 0.704. The van der Waals surface area contributed by atoms with Gasteiger partial charge >= 0.3 is 0 Å². The molecule has 1 aliphatic carbocycles. The van der Waals surface area contributed by atoms with Crippen LogP contribution in [0.15, 0.2) is 4.79 Å². The summed E-state index contributed by atoms with van der Waals surface area (Å²) in [5, 5.41) is 3.16. The van der Waals surface area contributed by atoms with Crippen LogP contribution in [0, 0.1) is 13.8 Å². The van der Waals surface area contributed by atoms with Crippen molar-refractivity contribution in [2.24, 2.45) is 0 Å². The van der Waals surface area contributed by atoms with Gasteiger partial charge in [-0.2, -0.15) is 0 Å². The minimum atomic E-state index is 0.171. The van der Waals surface area contributed by atoms with Crippen molar-refractivity contribution in [3.05, 3.63) is 21.6 Å². The maximum atomic E-state index is 11.7. The fraction of sp³-hybridized carbons (Fsp3) is 0.700. The Hall–Kier alpha value is -0.990.